The first kappa shape index (κ1) is 18.0. The van der Waals surface area contributed by atoms with Crippen molar-refractivity contribution >= 4 is 0 Å². The van der Waals surface area contributed by atoms with Crippen molar-refractivity contribution in [3.63, 3.8) is 0 Å². The molecule has 0 heterocycles. The molecule has 0 amide bonds. The summed E-state index contributed by atoms with van der Waals surface area (Å²) in [7, 11) is 1.61. The molecule has 0 fully saturated rings. The molecule has 1 atom stereocenters. The number of methoxy groups -OCH3 is 1. The van der Waals surface area contributed by atoms with Gasteiger partial charge in [0.25, 0.3) is 0 Å². The Morgan fingerprint density at radius 2 is 1.74 bits per heavy atom. The molecule has 0 unspecified atom stereocenters. The summed E-state index contributed by atoms with van der Waals surface area (Å²) in [5, 5.41) is 0. The molecule has 0 N–H and O–H groups in total. The molecule has 19 heavy (non-hydrogen) atoms. The normalized spacial score (nSPS) is 11.4. The Bertz CT molecular complexity index is 318. The summed E-state index contributed by atoms with van der Waals surface area (Å²) in [5.74, 6) is 11.8. The second-order valence-corrected chi connectivity index (χ2v) is 3.84. The predicted octanol–water partition coefficient (Wildman–Crippen LogP) is 1.36. The Morgan fingerprint density at radius 3 is 2.37 bits per heavy atom. The number of rotatable bonds is 8. The predicted molar refractivity (Wildman–Crippen MR) is 76.6 cm³/mol. The quantitative estimate of drug-likeness (QED) is 0.377. The fourth-order valence-electron chi connectivity index (χ4n) is 1.21. The summed E-state index contributed by atoms with van der Waals surface area (Å²) >= 11 is 0. The molecular formula is C15H25NO3. The molecule has 0 aliphatic carbocycles. The van der Waals surface area contributed by atoms with Gasteiger partial charge in [-0.3, -0.25) is 4.90 Å². The Balaban J connectivity index is 3.62. The molecular weight excluding hydrogens is 242 g/mol. The summed E-state index contributed by atoms with van der Waals surface area (Å²) in [6.07, 6.45) is -0.123. The zero-order valence-corrected chi connectivity index (χ0v) is 12.5. The molecule has 0 aliphatic heterocycles. The minimum absolute atomic E-state index is 0.123. The largest absolute Gasteiger partial charge is 0.372 e. The molecule has 0 saturated heterocycles. The second kappa shape index (κ2) is 13.4. The lowest BCUT2D eigenvalue weighted by Gasteiger charge is -2.13. The minimum Gasteiger partial charge on any atom is -0.372 e. The average molecular weight is 267 g/mol. The molecule has 0 radical (unpaired) electrons. The Kier molecular flexibility index (Phi) is 12.7. The van der Waals surface area contributed by atoms with E-state index in [4.69, 9.17) is 14.2 Å². The molecule has 4 heteroatoms. The van der Waals surface area contributed by atoms with Crippen LogP contribution in [0.1, 0.15) is 20.8 Å². The molecule has 0 spiro atoms. The summed E-state index contributed by atoms with van der Waals surface area (Å²) in [6.45, 7) is 9.98. The molecule has 0 aliphatic rings. The van der Waals surface area contributed by atoms with Crippen molar-refractivity contribution in [3.05, 3.63) is 0 Å². The highest BCUT2D eigenvalue weighted by molar-refractivity contribution is 5.05. The van der Waals surface area contributed by atoms with E-state index < -0.39 is 0 Å². The molecule has 0 aromatic rings. The van der Waals surface area contributed by atoms with E-state index in [0.29, 0.717) is 13.2 Å². The van der Waals surface area contributed by atoms with Crippen LogP contribution >= 0.6 is 0 Å². The molecule has 108 valence electrons. The van der Waals surface area contributed by atoms with Crippen LogP contribution in [0.2, 0.25) is 0 Å². The molecule has 0 saturated carbocycles. The first-order valence-corrected chi connectivity index (χ1v) is 6.59. The van der Waals surface area contributed by atoms with E-state index in [0.717, 1.165) is 19.6 Å². The standard InChI is InChI=1S/C15H25NO3/c1-5-16(6-2)11-9-10-15(3)19-14-18-13-8-7-12-17-4/h15H,5-6,11-14H2,1-4H3/t15-/m1/s1. The molecule has 0 aromatic carbocycles. The maximum absolute atomic E-state index is 5.38. The van der Waals surface area contributed by atoms with Crippen LogP contribution < -0.4 is 0 Å². The Hall–Kier alpha value is -1.04. The van der Waals surface area contributed by atoms with Gasteiger partial charge in [0.2, 0.25) is 0 Å². The number of ether oxygens (including phenoxy) is 3. The summed E-state index contributed by atoms with van der Waals surface area (Å²) in [6, 6.07) is 0. The van der Waals surface area contributed by atoms with E-state index in [9.17, 15) is 0 Å². The highest BCUT2D eigenvalue weighted by Gasteiger charge is 1.97. The lowest BCUT2D eigenvalue weighted by atomic mass is 10.4. The average Bonchev–Trinajstić information content (AvgIpc) is 2.42. The summed E-state index contributed by atoms with van der Waals surface area (Å²) < 4.78 is 15.4. The fraction of sp³-hybridized carbons (Fsp3) is 0.733. The zero-order valence-electron chi connectivity index (χ0n) is 12.5. The van der Waals surface area contributed by atoms with Crippen LogP contribution in [0.15, 0.2) is 0 Å². The van der Waals surface area contributed by atoms with Crippen molar-refractivity contribution in [1.82, 2.24) is 4.90 Å². The van der Waals surface area contributed by atoms with E-state index in [1.165, 1.54) is 0 Å². The third kappa shape index (κ3) is 11.8. The van der Waals surface area contributed by atoms with Crippen molar-refractivity contribution in [2.75, 3.05) is 46.8 Å². The van der Waals surface area contributed by atoms with Gasteiger partial charge in [-0.05, 0) is 20.0 Å². The van der Waals surface area contributed by atoms with Gasteiger partial charge in [-0.1, -0.05) is 37.5 Å². The molecule has 4 nitrogen and oxygen atoms in total. The van der Waals surface area contributed by atoms with Crippen LogP contribution in [-0.2, 0) is 14.2 Å². The first-order chi connectivity index (χ1) is 9.24. The van der Waals surface area contributed by atoms with Gasteiger partial charge in [-0.25, -0.2) is 0 Å². The van der Waals surface area contributed by atoms with Crippen molar-refractivity contribution in [2.45, 2.75) is 26.9 Å². The van der Waals surface area contributed by atoms with Crippen LogP contribution in [0.5, 0.6) is 0 Å². The van der Waals surface area contributed by atoms with Crippen molar-refractivity contribution < 1.29 is 14.2 Å². The topological polar surface area (TPSA) is 30.9 Å². The van der Waals surface area contributed by atoms with Gasteiger partial charge < -0.3 is 14.2 Å². The van der Waals surface area contributed by atoms with Gasteiger partial charge in [0.15, 0.2) is 0 Å². The Labute approximate surface area is 117 Å². The summed E-state index contributed by atoms with van der Waals surface area (Å²) in [4.78, 5) is 2.25. The first-order valence-electron chi connectivity index (χ1n) is 6.59. The lowest BCUT2D eigenvalue weighted by molar-refractivity contribution is -0.0573. The van der Waals surface area contributed by atoms with Crippen molar-refractivity contribution in [2.24, 2.45) is 0 Å². The van der Waals surface area contributed by atoms with Crippen LogP contribution in [-0.4, -0.2) is 57.8 Å². The van der Waals surface area contributed by atoms with E-state index >= 15 is 0 Å². The second-order valence-electron chi connectivity index (χ2n) is 3.84. The third-order valence-corrected chi connectivity index (χ3v) is 2.42. The molecule has 0 bridgehead atoms. The van der Waals surface area contributed by atoms with Gasteiger partial charge >= 0.3 is 0 Å². The van der Waals surface area contributed by atoms with Gasteiger partial charge in [0.05, 0.1) is 6.54 Å². The highest BCUT2D eigenvalue weighted by atomic mass is 16.7. The van der Waals surface area contributed by atoms with Gasteiger partial charge in [-0.2, -0.15) is 0 Å². The fourth-order valence-corrected chi connectivity index (χ4v) is 1.21. The van der Waals surface area contributed by atoms with Gasteiger partial charge in [0.1, 0.15) is 26.1 Å². The van der Waals surface area contributed by atoms with Crippen LogP contribution in [0.3, 0.4) is 0 Å². The van der Waals surface area contributed by atoms with E-state index in [1.54, 1.807) is 7.11 Å². The van der Waals surface area contributed by atoms with E-state index in [2.05, 4.69) is 42.4 Å². The third-order valence-electron chi connectivity index (χ3n) is 2.42. The molecule has 0 rings (SSSR count). The van der Waals surface area contributed by atoms with Gasteiger partial charge in [0, 0.05) is 7.11 Å². The SMILES string of the molecule is CCN(CC)CC#C[C@@H](C)OCOCC#CCOC. The zero-order chi connectivity index (χ0) is 14.3. The van der Waals surface area contributed by atoms with E-state index in [-0.39, 0.29) is 12.9 Å². The van der Waals surface area contributed by atoms with Crippen LogP contribution in [0.25, 0.3) is 0 Å². The lowest BCUT2D eigenvalue weighted by Crippen LogP contribution is -2.23. The minimum atomic E-state index is -0.123. The summed E-state index contributed by atoms with van der Waals surface area (Å²) in [5.41, 5.74) is 0. The van der Waals surface area contributed by atoms with Gasteiger partial charge in [-0.15, -0.1) is 0 Å². The van der Waals surface area contributed by atoms with Crippen molar-refractivity contribution in [3.8, 4) is 23.7 Å². The maximum atomic E-state index is 5.38. The van der Waals surface area contributed by atoms with Crippen LogP contribution in [0.4, 0.5) is 0 Å². The van der Waals surface area contributed by atoms with Crippen molar-refractivity contribution in [1.29, 1.82) is 0 Å². The number of nitrogens with zero attached hydrogens (tertiary/aromatic N) is 1. The smallest absolute Gasteiger partial charge is 0.149 e. The Morgan fingerprint density at radius 1 is 1.05 bits per heavy atom. The number of hydrogen-bond donors (Lipinski definition) is 0. The van der Waals surface area contributed by atoms with Crippen LogP contribution in [0, 0.1) is 23.7 Å². The number of hydrogen-bond acceptors (Lipinski definition) is 4. The maximum Gasteiger partial charge on any atom is 0.149 e. The highest BCUT2D eigenvalue weighted by Crippen LogP contribution is 1.90. The molecule has 0 aromatic heterocycles. The van der Waals surface area contributed by atoms with E-state index in [1.807, 2.05) is 6.92 Å². The monoisotopic (exact) mass is 267 g/mol.